The lowest BCUT2D eigenvalue weighted by atomic mass is 10.0. The number of esters is 1. The molecule has 338 valence electrons. The maximum absolute atomic E-state index is 13.1. The second-order valence-corrected chi connectivity index (χ2v) is 16.3. The highest BCUT2D eigenvalue weighted by molar-refractivity contribution is 5.77. The highest BCUT2D eigenvalue weighted by atomic mass is 16.5. The fourth-order valence-electron chi connectivity index (χ4n) is 6.89. The predicted octanol–water partition coefficient (Wildman–Crippen LogP) is 14.4. The van der Waals surface area contributed by atoms with Gasteiger partial charge in [0.2, 0.25) is 5.91 Å². The molecule has 0 heterocycles. The van der Waals surface area contributed by atoms with Crippen molar-refractivity contribution in [1.29, 1.82) is 0 Å². The van der Waals surface area contributed by atoms with Crippen LogP contribution in [0, 0.1) is 0 Å². The van der Waals surface area contributed by atoms with Gasteiger partial charge < -0.3 is 20.3 Å². The van der Waals surface area contributed by atoms with E-state index < -0.39 is 18.2 Å². The van der Waals surface area contributed by atoms with Gasteiger partial charge in [0, 0.05) is 12.8 Å². The van der Waals surface area contributed by atoms with Gasteiger partial charge in [-0.25, -0.2) is 0 Å². The van der Waals surface area contributed by atoms with Crippen molar-refractivity contribution < 1.29 is 24.5 Å². The SMILES string of the molecule is CC/C=C/C=C/C=C\C=C/C=C/CC(CC(=O)NC(CO)C(O)CCCCCCCCCCCCCC)OC(=O)CCCCCCCCC/C=C\C/C=C\CCCCC. The fourth-order valence-corrected chi connectivity index (χ4v) is 6.89. The first kappa shape index (κ1) is 56.0. The number of hydrogen-bond acceptors (Lipinski definition) is 5. The minimum Gasteiger partial charge on any atom is -0.461 e. The first-order valence-electron chi connectivity index (χ1n) is 24.4. The Hall–Kier alpha value is -2.96. The van der Waals surface area contributed by atoms with Crippen molar-refractivity contribution in [3.05, 3.63) is 85.1 Å². The van der Waals surface area contributed by atoms with Gasteiger partial charge in [-0.05, 0) is 51.4 Å². The molecule has 6 heteroatoms. The normalized spacial score (nSPS) is 14.1. The lowest BCUT2D eigenvalue weighted by molar-refractivity contribution is -0.150. The lowest BCUT2D eigenvalue weighted by Crippen LogP contribution is -2.46. The van der Waals surface area contributed by atoms with Crippen LogP contribution in [0.1, 0.15) is 213 Å². The van der Waals surface area contributed by atoms with E-state index in [0.29, 0.717) is 19.3 Å². The Morgan fingerprint density at radius 2 is 1.00 bits per heavy atom. The van der Waals surface area contributed by atoms with Gasteiger partial charge in [0.15, 0.2) is 0 Å². The van der Waals surface area contributed by atoms with Crippen molar-refractivity contribution in [3.63, 3.8) is 0 Å². The number of aliphatic hydroxyl groups excluding tert-OH is 2. The maximum atomic E-state index is 13.1. The van der Waals surface area contributed by atoms with E-state index in [1.54, 1.807) is 0 Å². The Labute approximate surface area is 363 Å². The molecule has 0 aromatic carbocycles. The molecule has 0 radical (unpaired) electrons. The summed E-state index contributed by atoms with van der Waals surface area (Å²) < 4.78 is 5.83. The molecule has 0 aliphatic carbocycles. The molecule has 3 N–H and O–H groups in total. The molecule has 0 aromatic heterocycles. The molecule has 0 saturated carbocycles. The van der Waals surface area contributed by atoms with Crippen molar-refractivity contribution >= 4 is 11.9 Å². The molecule has 0 bridgehead atoms. The Bertz CT molecular complexity index is 1150. The quantitative estimate of drug-likeness (QED) is 0.0247. The van der Waals surface area contributed by atoms with E-state index >= 15 is 0 Å². The van der Waals surface area contributed by atoms with Crippen molar-refractivity contribution in [2.45, 2.75) is 232 Å². The lowest BCUT2D eigenvalue weighted by Gasteiger charge is -2.24. The largest absolute Gasteiger partial charge is 0.461 e. The third kappa shape index (κ3) is 41.6. The molecular formula is C53H91NO5. The molecule has 3 atom stereocenters. The number of rotatable bonds is 42. The van der Waals surface area contributed by atoms with Crippen LogP contribution in [-0.4, -0.2) is 46.9 Å². The van der Waals surface area contributed by atoms with E-state index in [0.717, 1.165) is 57.8 Å². The Morgan fingerprint density at radius 1 is 0.542 bits per heavy atom. The third-order valence-electron chi connectivity index (χ3n) is 10.6. The molecular weight excluding hydrogens is 731 g/mol. The standard InChI is InChI=1S/C53H91NO5/c1-4-7-10-13-16-19-22-24-25-26-27-28-31-34-37-40-43-46-53(58)59-49(44-41-38-35-32-29-21-18-15-12-9-6-3)47-52(57)54-50(48-55)51(56)45-42-39-36-33-30-23-20-17-14-11-8-5-2/h9,12,15-16,18-19,21,24-25,29,32,35,38,41,49-51,55-56H,4-8,10-11,13-14,17,20,22-23,26-28,30-31,33-34,36-37,39-40,42-48H2,1-3H3,(H,54,57)/b12-9+,18-15+,19-16-,25-24-,29-21-,35-32-,41-38+. The number of nitrogens with one attached hydrogen (secondary N) is 1. The number of aliphatic hydroxyl groups is 2. The molecule has 1 amide bonds. The Kier molecular flexibility index (Phi) is 43.8. The first-order chi connectivity index (χ1) is 29.0. The van der Waals surface area contributed by atoms with Crippen LogP contribution in [0.25, 0.3) is 0 Å². The van der Waals surface area contributed by atoms with Gasteiger partial charge >= 0.3 is 5.97 Å². The number of carbonyl (C=O) groups excluding carboxylic acids is 2. The summed E-state index contributed by atoms with van der Waals surface area (Å²) in [6.07, 6.45) is 59.5. The van der Waals surface area contributed by atoms with Gasteiger partial charge in [-0.3, -0.25) is 9.59 Å². The summed E-state index contributed by atoms with van der Waals surface area (Å²) in [5, 5.41) is 23.6. The highest BCUT2D eigenvalue weighted by Gasteiger charge is 2.23. The molecule has 0 spiro atoms. The van der Waals surface area contributed by atoms with E-state index in [-0.39, 0.29) is 24.9 Å². The zero-order valence-electron chi connectivity index (χ0n) is 38.4. The maximum Gasteiger partial charge on any atom is 0.306 e. The van der Waals surface area contributed by atoms with Gasteiger partial charge in [-0.2, -0.15) is 0 Å². The molecule has 0 rings (SSSR count). The molecule has 59 heavy (non-hydrogen) atoms. The average molecular weight is 822 g/mol. The molecule has 6 nitrogen and oxygen atoms in total. The molecule has 3 unspecified atom stereocenters. The van der Waals surface area contributed by atoms with Gasteiger partial charge in [0.1, 0.15) is 6.10 Å². The van der Waals surface area contributed by atoms with Crippen molar-refractivity contribution in [1.82, 2.24) is 5.32 Å². The van der Waals surface area contributed by atoms with Gasteiger partial charge in [0.25, 0.3) is 0 Å². The van der Waals surface area contributed by atoms with Crippen LogP contribution in [0.3, 0.4) is 0 Å². The van der Waals surface area contributed by atoms with E-state index in [1.807, 2.05) is 54.7 Å². The monoisotopic (exact) mass is 822 g/mol. The number of allylic oxidation sites excluding steroid dienone is 13. The van der Waals surface area contributed by atoms with Crippen LogP contribution in [-0.2, 0) is 14.3 Å². The molecule has 0 aliphatic rings. The summed E-state index contributed by atoms with van der Waals surface area (Å²) in [5.74, 6) is -0.622. The van der Waals surface area contributed by atoms with E-state index in [1.165, 1.54) is 109 Å². The zero-order valence-corrected chi connectivity index (χ0v) is 38.4. The van der Waals surface area contributed by atoms with E-state index in [4.69, 9.17) is 4.74 Å². The van der Waals surface area contributed by atoms with Gasteiger partial charge in [-0.15, -0.1) is 0 Å². The molecule has 0 aliphatic heterocycles. The average Bonchev–Trinajstić information content (AvgIpc) is 3.23. The molecule has 0 fully saturated rings. The predicted molar refractivity (Wildman–Crippen MR) is 254 cm³/mol. The summed E-state index contributed by atoms with van der Waals surface area (Å²) >= 11 is 0. The summed E-state index contributed by atoms with van der Waals surface area (Å²) in [6, 6.07) is -0.743. The van der Waals surface area contributed by atoms with Crippen LogP contribution in [0.5, 0.6) is 0 Å². The van der Waals surface area contributed by atoms with Crippen molar-refractivity contribution in [3.8, 4) is 0 Å². The minimum atomic E-state index is -0.821. The van der Waals surface area contributed by atoms with Crippen molar-refractivity contribution in [2.75, 3.05) is 6.61 Å². The number of carbonyl (C=O) groups is 2. The zero-order chi connectivity index (χ0) is 43.1. The fraction of sp³-hybridized carbons (Fsp3) is 0.698. The topological polar surface area (TPSA) is 95.9 Å². The second kappa shape index (κ2) is 46.1. The minimum absolute atomic E-state index is 0.0253. The van der Waals surface area contributed by atoms with Crippen LogP contribution in [0.4, 0.5) is 0 Å². The van der Waals surface area contributed by atoms with Crippen LogP contribution in [0.2, 0.25) is 0 Å². The van der Waals surface area contributed by atoms with Gasteiger partial charge in [0.05, 0.1) is 25.2 Å². The molecule has 0 saturated heterocycles. The number of amides is 1. The number of ether oxygens (including phenoxy) is 1. The van der Waals surface area contributed by atoms with Crippen LogP contribution >= 0.6 is 0 Å². The third-order valence-corrected chi connectivity index (χ3v) is 10.6. The first-order valence-corrected chi connectivity index (χ1v) is 24.4. The second-order valence-electron chi connectivity index (χ2n) is 16.3. The number of unbranched alkanes of at least 4 members (excludes halogenated alkanes) is 21. The smallest absolute Gasteiger partial charge is 0.306 e. The Morgan fingerprint density at radius 3 is 1.54 bits per heavy atom. The van der Waals surface area contributed by atoms with Crippen molar-refractivity contribution in [2.24, 2.45) is 0 Å². The summed E-state index contributed by atoms with van der Waals surface area (Å²) in [4.78, 5) is 26.0. The van der Waals surface area contributed by atoms with E-state index in [2.05, 4.69) is 56.5 Å². The summed E-state index contributed by atoms with van der Waals surface area (Å²) in [5.41, 5.74) is 0. The summed E-state index contributed by atoms with van der Waals surface area (Å²) in [7, 11) is 0. The van der Waals surface area contributed by atoms with Crippen LogP contribution in [0.15, 0.2) is 85.1 Å². The van der Waals surface area contributed by atoms with Crippen LogP contribution < -0.4 is 5.32 Å². The summed E-state index contributed by atoms with van der Waals surface area (Å²) in [6.45, 7) is 6.26. The Balaban J connectivity index is 4.68. The van der Waals surface area contributed by atoms with E-state index in [9.17, 15) is 19.8 Å². The van der Waals surface area contributed by atoms with Gasteiger partial charge in [-0.1, -0.05) is 228 Å². The number of hydrogen-bond donors (Lipinski definition) is 3. The molecule has 0 aromatic rings. The highest BCUT2D eigenvalue weighted by Crippen LogP contribution is 2.16.